The van der Waals surface area contributed by atoms with Crippen LogP contribution in [0.3, 0.4) is 0 Å². The van der Waals surface area contributed by atoms with Crippen LogP contribution in [0.25, 0.3) is 0 Å². The monoisotopic (exact) mass is 212 g/mol. The molecule has 0 aromatic heterocycles. The van der Waals surface area contributed by atoms with E-state index < -0.39 is 5.97 Å². The summed E-state index contributed by atoms with van der Waals surface area (Å²) >= 11 is 0. The molecule has 0 aliphatic heterocycles. The van der Waals surface area contributed by atoms with Gasteiger partial charge in [0.2, 0.25) is 0 Å². The predicted molar refractivity (Wildman–Crippen MR) is 36.7 cm³/mol. The average Bonchev–Trinajstić information content (AvgIpc) is 1.94. The molecular formula is C7H6ClNaO4. The van der Waals surface area contributed by atoms with Crippen LogP contribution in [0.1, 0.15) is 10.4 Å². The van der Waals surface area contributed by atoms with Crippen molar-refractivity contribution in [1.82, 2.24) is 0 Å². The number of halogens is 1. The van der Waals surface area contributed by atoms with Gasteiger partial charge in [0, 0.05) is 0 Å². The first-order chi connectivity index (χ1) is 5.11. The van der Waals surface area contributed by atoms with Crippen molar-refractivity contribution in [2.75, 3.05) is 0 Å². The van der Waals surface area contributed by atoms with Crippen LogP contribution in [0.2, 0.25) is 0 Å². The SMILES string of the molecule is O=C(O)c1cc(O)ccc1O.[Cl-].[Na+]. The molecule has 3 N–H and O–H groups in total. The second-order valence-corrected chi connectivity index (χ2v) is 2.01. The van der Waals surface area contributed by atoms with Crippen LogP contribution in [-0.2, 0) is 0 Å². The summed E-state index contributed by atoms with van der Waals surface area (Å²) in [5.41, 5.74) is -0.301. The summed E-state index contributed by atoms with van der Waals surface area (Å²) in [6.45, 7) is 0. The average molecular weight is 213 g/mol. The maximum absolute atomic E-state index is 10.3. The molecular weight excluding hydrogens is 207 g/mol. The van der Waals surface area contributed by atoms with Gasteiger partial charge in [-0.1, -0.05) is 0 Å². The summed E-state index contributed by atoms with van der Waals surface area (Å²) in [6, 6.07) is 3.32. The number of rotatable bonds is 1. The van der Waals surface area contributed by atoms with Crippen molar-refractivity contribution in [3.63, 3.8) is 0 Å². The quantitative estimate of drug-likeness (QED) is 0.321. The van der Waals surface area contributed by atoms with Gasteiger partial charge in [0.25, 0.3) is 0 Å². The number of hydrogen-bond acceptors (Lipinski definition) is 3. The third-order valence-corrected chi connectivity index (χ3v) is 1.21. The smallest absolute Gasteiger partial charge is 1.00 e. The number of carboxylic acids is 1. The Morgan fingerprint density at radius 1 is 1.23 bits per heavy atom. The van der Waals surface area contributed by atoms with Gasteiger partial charge < -0.3 is 27.7 Å². The minimum atomic E-state index is -1.27. The van der Waals surface area contributed by atoms with Crippen molar-refractivity contribution in [2.45, 2.75) is 0 Å². The minimum Gasteiger partial charge on any atom is -1.00 e. The van der Waals surface area contributed by atoms with Crippen molar-refractivity contribution >= 4 is 5.97 Å². The van der Waals surface area contributed by atoms with E-state index in [-0.39, 0.29) is 59.0 Å². The molecule has 0 amide bonds. The molecule has 0 spiro atoms. The van der Waals surface area contributed by atoms with Crippen molar-refractivity contribution in [3.05, 3.63) is 23.8 Å². The molecule has 0 radical (unpaired) electrons. The summed E-state index contributed by atoms with van der Waals surface area (Å²) in [7, 11) is 0. The molecule has 0 heterocycles. The van der Waals surface area contributed by atoms with Gasteiger partial charge in [0.15, 0.2) is 0 Å². The normalized spacial score (nSPS) is 8.00. The fraction of sp³-hybridized carbons (Fsp3) is 0. The zero-order valence-electron chi connectivity index (χ0n) is 6.86. The van der Waals surface area contributed by atoms with E-state index >= 15 is 0 Å². The molecule has 0 saturated heterocycles. The first kappa shape index (κ1) is 15.1. The van der Waals surface area contributed by atoms with Gasteiger partial charge in [0.1, 0.15) is 17.1 Å². The molecule has 1 rings (SSSR count). The number of hydrogen-bond donors (Lipinski definition) is 3. The molecule has 4 nitrogen and oxygen atoms in total. The number of carboxylic acid groups (broad SMARTS) is 1. The first-order valence-electron chi connectivity index (χ1n) is 2.86. The van der Waals surface area contributed by atoms with Crippen LogP contribution in [0.15, 0.2) is 18.2 Å². The minimum absolute atomic E-state index is 0. The zero-order valence-corrected chi connectivity index (χ0v) is 9.62. The Balaban J connectivity index is 0. The number of carbonyl (C=O) groups is 1. The maximum atomic E-state index is 10.3. The Kier molecular flexibility index (Phi) is 7.07. The van der Waals surface area contributed by atoms with E-state index in [4.69, 9.17) is 15.3 Å². The number of benzene rings is 1. The van der Waals surface area contributed by atoms with E-state index in [0.717, 1.165) is 12.1 Å². The second-order valence-electron chi connectivity index (χ2n) is 2.01. The topological polar surface area (TPSA) is 77.8 Å². The maximum Gasteiger partial charge on any atom is 1.00 e. The fourth-order valence-corrected chi connectivity index (χ4v) is 0.695. The Morgan fingerprint density at radius 3 is 2.15 bits per heavy atom. The molecule has 1 aromatic rings. The molecule has 0 aliphatic rings. The van der Waals surface area contributed by atoms with Crippen LogP contribution < -0.4 is 42.0 Å². The summed E-state index contributed by atoms with van der Waals surface area (Å²) in [5, 5.41) is 26.1. The summed E-state index contributed by atoms with van der Waals surface area (Å²) in [5.74, 6) is -1.80. The number of aromatic hydroxyl groups is 2. The van der Waals surface area contributed by atoms with E-state index in [0.29, 0.717) is 0 Å². The Bertz CT molecular complexity index is 303. The molecule has 1 aromatic carbocycles. The largest absolute Gasteiger partial charge is 1.00 e. The van der Waals surface area contributed by atoms with Gasteiger partial charge in [-0.15, -0.1) is 0 Å². The van der Waals surface area contributed by atoms with Crippen LogP contribution in [-0.4, -0.2) is 21.3 Å². The van der Waals surface area contributed by atoms with Gasteiger partial charge in [0.05, 0.1) is 0 Å². The predicted octanol–water partition coefficient (Wildman–Crippen LogP) is -5.20. The summed E-state index contributed by atoms with van der Waals surface area (Å²) in [4.78, 5) is 10.3. The first-order valence-corrected chi connectivity index (χ1v) is 2.86. The molecule has 6 heteroatoms. The molecule has 13 heavy (non-hydrogen) atoms. The Hall–Kier alpha value is -0.420. The molecule has 0 bridgehead atoms. The molecule has 66 valence electrons. The van der Waals surface area contributed by atoms with Gasteiger partial charge in [-0.3, -0.25) is 0 Å². The second kappa shape index (κ2) is 6.10. The molecule has 0 fully saturated rings. The third-order valence-electron chi connectivity index (χ3n) is 1.21. The summed E-state index contributed by atoms with van der Waals surface area (Å²) < 4.78 is 0. The van der Waals surface area contributed by atoms with E-state index in [2.05, 4.69) is 0 Å². The molecule has 0 unspecified atom stereocenters. The molecule has 0 atom stereocenters. The van der Waals surface area contributed by atoms with Crippen molar-refractivity contribution in [3.8, 4) is 11.5 Å². The van der Waals surface area contributed by atoms with Gasteiger partial charge in [-0.05, 0) is 18.2 Å². The van der Waals surface area contributed by atoms with Crippen molar-refractivity contribution in [1.29, 1.82) is 0 Å². The van der Waals surface area contributed by atoms with Gasteiger partial charge in [-0.2, -0.15) is 0 Å². The van der Waals surface area contributed by atoms with Gasteiger partial charge in [-0.25, -0.2) is 4.79 Å². The number of aromatic carboxylic acids is 1. The zero-order chi connectivity index (χ0) is 8.43. The van der Waals surface area contributed by atoms with Crippen molar-refractivity contribution < 1.29 is 62.1 Å². The molecule has 0 aliphatic carbocycles. The fourth-order valence-electron chi connectivity index (χ4n) is 0.695. The van der Waals surface area contributed by atoms with Gasteiger partial charge >= 0.3 is 35.5 Å². The van der Waals surface area contributed by atoms with E-state index in [1.807, 2.05) is 0 Å². The van der Waals surface area contributed by atoms with Crippen LogP contribution in [0.5, 0.6) is 11.5 Å². The van der Waals surface area contributed by atoms with Crippen molar-refractivity contribution in [2.24, 2.45) is 0 Å². The van der Waals surface area contributed by atoms with E-state index in [9.17, 15) is 4.79 Å². The summed E-state index contributed by atoms with van der Waals surface area (Å²) in [6.07, 6.45) is 0. The van der Waals surface area contributed by atoms with Crippen LogP contribution >= 0.6 is 0 Å². The van der Waals surface area contributed by atoms with E-state index in [1.54, 1.807) is 0 Å². The van der Waals surface area contributed by atoms with E-state index in [1.165, 1.54) is 6.07 Å². The van der Waals surface area contributed by atoms with Crippen LogP contribution in [0.4, 0.5) is 0 Å². The Morgan fingerprint density at radius 2 is 1.77 bits per heavy atom. The number of phenolic OH excluding ortho intramolecular Hbond substituents is 1. The standard InChI is InChI=1S/C7H6O4.ClH.Na/c8-4-1-2-6(9)5(3-4)7(10)11;;/h1-3,8-9H,(H,10,11);1H;/q;;+1/p-1. The Labute approximate surface area is 103 Å². The third kappa shape index (κ3) is 3.87. The molecule has 0 saturated carbocycles. The van der Waals surface area contributed by atoms with Crippen LogP contribution in [0, 0.1) is 0 Å². The number of phenols is 2.